The van der Waals surface area contributed by atoms with Crippen LogP contribution in [0.25, 0.3) is 10.9 Å². The summed E-state index contributed by atoms with van der Waals surface area (Å²) >= 11 is 0. The van der Waals surface area contributed by atoms with E-state index in [1.165, 1.54) is 16.5 Å². The van der Waals surface area contributed by atoms with Crippen molar-refractivity contribution in [2.45, 2.75) is 56.6 Å². The Kier molecular flexibility index (Phi) is 6.19. The van der Waals surface area contributed by atoms with E-state index in [0.717, 1.165) is 71.2 Å². The highest BCUT2D eigenvalue weighted by atomic mass is 35.5. The molecule has 2 bridgehead atoms. The SMILES string of the molecule is Cl.O=C(NC1CCN(CCc2c[nH]c3ccccc23)CC1)C12CCC(CC1)CO2. The van der Waals surface area contributed by atoms with Crippen LogP contribution in [0.4, 0.5) is 0 Å². The Balaban J connectivity index is 0.00000205. The summed E-state index contributed by atoms with van der Waals surface area (Å²) in [6, 6.07) is 8.81. The van der Waals surface area contributed by atoms with Crippen molar-refractivity contribution < 1.29 is 9.53 Å². The van der Waals surface area contributed by atoms with Crippen molar-refractivity contribution in [3.63, 3.8) is 0 Å². The lowest BCUT2D eigenvalue weighted by atomic mass is 9.75. The molecule has 158 valence electrons. The highest BCUT2D eigenvalue weighted by Crippen LogP contribution is 2.41. The number of likely N-dealkylation sites (tertiary alicyclic amines) is 1. The van der Waals surface area contributed by atoms with Gasteiger partial charge in [-0.1, -0.05) is 18.2 Å². The molecule has 4 aliphatic rings. The lowest BCUT2D eigenvalue weighted by molar-refractivity contribution is -0.174. The van der Waals surface area contributed by atoms with Crippen LogP contribution in [-0.4, -0.2) is 53.7 Å². The fraction of sp³-hybridized carbons (Fsp3) is 0.609. The van der Waals surface area contributed by atoms with E-state index in [0.29, 0.717) is 12.0 Å². The van der Waals surface area contributed by atoms with Crippen molar-refractivity contribution in [1.82, 2.24) is 15.2 Å². The smallest absolute Gasteiger partial charge is 0.252 e. The summed E-state index contributed by atoms with van der Waals surface area (Å²) in [6.07, 6.45) is 9.42. The molecule has 6 rings (SSSR count). The number of hydrogen-bond acceptors (Lipinski definition) is 3. The number of carbonyl (C=O) groups excluding carboxylic acids is 1. The molecule has 1 aromatic carbocycles. The second-order valence-electron chi connectivity index (χ2n) is 8.95. The summed E-state index contributed by atoms with van der Waals surface area (Å²) in [6.45, 7) is 3.98. The molecule has 4 fully saturated rings. The van der Waals surface area contributed by atoms with Gasteiger partial charge in [0.15, 0.2) is 0 Å². The molecule has 0 radical (unpaired) electrons. The average Bonchev–Trinajstić information content (AvgIpc) is 3.18. The number of hydrogen-bond donors (Lipinski definition) is 2. The number of ether oxygens (including phenoxy) is 1. The molecule has 2 N–H and O–H groups in total. The minimum absolute atomic E-state index is 0. The van der Waals surface area contributed by atoms with Gasteiger partial charge in [0.2, 0.25) is 0 Å². The zero-order valence-corrected chi connectivity index (χ0v) is 17.8. The Labute approximate surface area is 179 Å². The van der Waals surface area contributed by atoms with Gasteiger partial charge in [0, 0.05) is 42.8 Å². The molecule has 1 saturated carbocycles. The summed E-state index contributed by atoms with van der Waals surface area (Å²) in [5, 5.41) is 4.66. The Bertz CT molecular complexity index is 822. The zero-order chi connectivity index (χ0) is 19.0. The second kappa shape index (κ2) is 8.66. The minimum atomic E-state index is -0.513. The third-order valence-electron chi connectivity index (χ3n) is 7.22. The summed E-state index contributed by atoms with van der Waals surface area (Å²) in [4.78, 5) is 18.8. The number of aromatic nitrogens is 1. The monoisotopic (exact) mass is 417 g/mol. The quantitative estimate of drug-likeness (QED) is 0.780. The van der Waals surface area contributed by atoms with E-state index in [2.05, 4.69) is 45.7 Å². The maximum absolute atomic E-state index is 12.9. The first-order chi connectivity index (χ1) is 13.7. The molecule has 2 aromatic rings. The van der Waals surface area contributed by atoms with E-state index >= 15 is 0 Å². The predicted octanol–water partition coefficient (Wildman–Crippen LogP) is 3.67. The second-order valence-corrected chi connectivity index (χ2v) is 8.95. The first-order valence-electron chi connectivity index (χ1n) is 10.9. The topological polar surface area (TPSA) is 57.4 Å². The van der Waals surface area contributed by atoms with Gasteiger partial charge in [-0.25, -0.2) is 0 Å². The standard InChI is InChI=1S/C23H31N3O2.ClH/c27-22(23-10-5-17(6-11-23)16-28-23)25-19-8-13-26(14-9-19)12-7-18-15-24-21-4-2-1-3-20(18)21;/h1-4,15,17,19,24H,5-14,16H2,(H,25,27);1H. The number of benzene rings is 1. The number of nitrogens with zero attached hydrogens (tertiary/aromatic N) is 1. The largest absolute Gasteiger partial charge is 0.365 e. The molecule has 4 heterocycles. The lowest BCUT2D eigenvalue weighted by Gasteiger charge is -2.45. The molecule has 0 atom stereocenters. The first-order valence-corrected chi connectivity index (χ1v) is 10.9. The summed E-state index contributed by atoms with van der Waals surface area (Å²) < 4.78 is 5.98. The Morgan fingerprint density at radius 1 is 1.17 bits per heavy atom. The molecule has 1 aliphatic carbocycles. The van der Waals surface area contributed by atoms with Crippen molar-refractivity contribution in [3.05, 3.63) is 36.0 Å². The van der Waals surface area contributed by atoms with Crippen LogP contribution in [0.3, 0.4) is 0 Å². The van der Waals surface area contributed by atoms with E-state index < -0.39 is 5.60 Å². The molecule has 3 aliphatic heterocycles. The number of rotatable bonds is 5. The van der Waals surface area contributed by atoms with Gasteiger partial charge in [-0.15, -0.1) is 12.4 Å². The molecule has 5 nitrogen and oxygen atoms in total. The van der Waals surface area contributed by atoms with Crippen molar-refractivity contribution >= 4 is 29.2 Å². The minimum Gasteiger partial charge on any atom is -0.365 e. The van der Waals surface area contributed by atoms with Crippen LogP contribution in [0, 0.1) is 5.92 Å². The fourth-order valence-electron chi connectivity index (χ4n) is 5.26. The summed E-state index contributed by atoms with van der Waals surface area (Å²) in [5.74, 6) is 0.845. The molecule has 1 amide bonds. The number of H-pyrrole nitrogens is 1. The van der Waals surface area contributed by atoms with Crippen LogP contribution in [-0.2, 0) is 16.0 Å². The van der Waals surface area contributed by atoms with Gasteiger partial charge in [-0.3, -0.25) is 4.79 Å². The van der Waals surface area contributed by atoms with Crippen LogP contribution in [0.15, 0.2) is 30.5 Å². The van der Waals surface area contributed by atoms with Crippen LogP contribution in [0.2, 0.25) is 0 Å². The third-order valence-corrected chi connectivity index (χ3v) is 7.22. The highest BCUT2D eigenvalue weighted by Gasteiger charge is 2.47. The van der Waals surface area contributed by atoms with Crippen LogP contribution >= 0.6 is 12.4 Å². The molecular formula is C23H32ClN3O2. The summed E-state index contributed by atoms with van der Waals surface area (Å²) in [7, 11) is 0. The molecule has 29 heavy (non-hydrogen) atoms. The number of halogens is 1. The third kappa shape index (κ3) is 4.18. The van der Waals surface area contributed by atoms with E-state index in [-0.39, 0.29) is 18.3 Å². The Morgan fingerprint density at radius 3 is 2.66 bits per heavy atom. The number of amides is 1. The van der Waals surface area contributed by atoms with E-state index in [1.54, 1.807) is 0 Å². The van der Waals surface area contributed by atoms with Gasteiger partial charge >= 0.3 is 0 Å². The van der Waals surface area contributed by atoms with Crippen LogP contribution in [0.5, 0.6) is 0 Å². The maximum Gasteiger partial charge on any atom is 0.252 e. The normalized spacial score (nSPS) is 27.7. The van der Waals surface area contributed by atoms with Crippen molar-refractivity contribution in [1.29, 1.82) is 0 Å². The number of piperidine rings is 1. The Hall–Kier alpha value is -1.56. The molecule has 3 saturated heterocycles. The number of para-hydroxylation sites is 1. The fourth-order valence-corrected chi connectivity index (χ4v) is 5.26. The van der Waals surface area contributed by atoms with Gasteiger partial charge < -0.3 is 19.9 Å². The Morgan fingerprint density at radius 2 is 1.93 bits per heavy atom. The van der Waals surface area contributed by atoms with E-state index in [4.69, 9.17) is 4.74 Å². The number of fused-ring (bicyclic) bond motifs is 4. The lowest BCUT2D eigenvalue weighted by Crippen LogP contribution is -2.58. The van der Waals surface area contributed by atoms with Crippen LogP contribution in [0.1, 0.15) is 44.1 Å². The van der Waals surface area contributed by atoms with Gasteiger partial charge in [-0.05, 0) is 62.5 Å². The van der Waals surface area contributed by atoms with Crippen molar-refractivity contribution in [2.24, 2.45) is 5.92 Å². The van der Waals surface area contributed by atoms with Crippen molar-refractivity contribution in [2.75, 3.05) is 26.2 Å². The highest BCUT2D eigenvalue weighted by molar-refractivity contribution is 5.86. The van der Waals surface area contributed by atoms with Crippen LogP contribution < -0.4 is 5.32 Å². The zero-order valence-electron chi connectivity index (χ0n) is 17.0. The molecule has 0 unspecified atom stereocenters. The number of aromatic amines is 1. The number of nitrogens with one attached hydrogen (secondary N) is 2. The number of carbonyl (C=O) groups is 1. The molecule has 1 aromatic heterocycles. The van der Waals surface area contributed by atoms with Crippen molar-refractivity contribution in [3.8, 4) is 0 Å². The van der Waals surface area contributed by atoms with Gasteiger partial charge in [0.1, 0.15) is 5.60 Å². The predicted molar refractivity (Wildman–Crippen MR) is 117 cm³/mol. The molecular weight excluding hydrogens is 386 g/mol. The molecule has 0 spiro atoms. The van der Waals surface area contributed by atoms with Gasteiger partial charge in [0.05, 0.1) is 6.61 Å². The van der Waals surface area contributed by atoms with Gasteiger partial charge in [0.25, 0.3) is 5.91 Å². The van der Waals surface area contributed by atoms with E-state index in [9.17, 15) is 4.79 Å². The van der Waals surface area contributed by atoms with Gasteiger partial charge in [-0.2, -0.15) is 0 Å². The van der Waals surface area contributed by atoms with E-state index in [1.807, 2.05) is 0 Å². The molecule has 6 heteroatoms. The average molecular weight is 418 g/mol. The maximum atomic E-state index is 12.9. The summed E-state index contributed by atoms with van der Waals surface area (Å²) in [5.41, 5.74) is 2.11. The first kappa shape index (κ1) is 20.7.